The first-order valence-electron chi connectivity index (χ1n) is 6.58. The summed E-state index contributed by atoms with van der Waals surface area (Å²) in [6.07, 6.45) is 0. The maximum atomic E-state index is 14.2. The zero-order chi connectivity index (χ0) is 15.6. The average molecular weight is 330 g/mol. The molecular formula is C16H15Cl2F2N. The number of halogens is 4. The molecule has 0 radical (unpaired) electrons. The molecule has 0 aliphatic heterocycles. The third kappa shape index (κ3) is 3.54. The largest absolute Gasteiger partial charge is 0.306 e. The molecule has 21 heavy (non-hydrogen) atoms. The Morgan fingerprint density at radius 1 is 1.05 bits per heavy atom. The van der Waals surface area contributed by atoms with Crippen LogP contribution in [0.1, 0.15) is 29.7 Å². The number of aryl methyl sites for hydroxylation is 1. The van der Waals surface area contributed by atoms with Gasteiger partial charge in [-0.2, -0.15) is 0 Å². The van der Waals surface area contributed by atoms with Crippen molar-refractivity contribution in [3.63, 3.8) is 0 Å². The van der Waals surface area contributed by atoms with Crippen LogP contribution in [0, 0.1) is 18.6 Å². The van der Waals surface area contributed by atoms with Crippen molar-refractivity contribution in [2.75, 3.05) is 6.54 Å². The van der Waals surface area contributed by atoms with Gasteiger partial charge in [-0.25, -0.2) is 8.78 Å². The first-order chi connectivity index (χ1) is 9.93. The SMILES string of the molecule is CCNC(c1cc(F)c(C)cc1F)c1ccc(Cl)cc1Cl. The predicted octanol–water partition coefficient (Wildman–Crippen LogP) is 5.28. The highest BCUT2D eigenvalue weighted by Gasteiger charge is 2.21. The molecule has 0 heterocycles. The molecule has 0 amide bonds. The third-order valence-electron chi connectivity index (χ3n) is 3.27. The van der Waals surface area contributed by atoms with Gasteiger partial charge in [0.1, 0.15) is 11.6 Å². The van der Waals surface area contributed by atoms with Gasteiger partial charge in [-0.15, -0.1) is 0 Å². The van der Waals surface area contributed by atoms with E-state index in [4.69, 9.17) is 23.2 Å². The second-order valence-electron chi connectivity index (χ2n) is 4.78. The lowest BCUT2D eigenvalue weighted by atomic mass is 9.96. The summed E-state index contributed by atoms with van der Waals surface area (Å²) in [6.45, 7) is 4.00. The maximum absolute atomic E-state index is 14.2. The fraction of sp³-hybridized carbons (Fsp3) is 0.250. The lowest BCUT2D eigenvalue weighted by Crippen LogP contribution is -2.23. The summed E-state index contributed by atoms with van der Waals surface area (Å²) in [5.74, 6) is -0.912. The zero-order valence-electron chi connectivity index (χ0n) is 11.7. The van der Waals surface area contributed by atoms with E-state index in [1.165, 1.54) is 19.1 Å². The van der Waals surface area contributed by atoms with E-state index in [0.29, 0.717) is 22.2 Å². The van der Waals surface area contributed by atoms with Crippen LogP contribution in [0.3, 0.4) is 0 Å². The van der Waals surface area contributed by atoms with E-state index < -0.39 is 17.7 Å². The Morgan fingerprint density at radius 2 is 1.76 bits per heavy atom. The second kappa shape index (κ2) is 6.73. The van der Waals surface area contributed by atoms with Gasteiger partial charge in [-0.05, 0) is 48.9 Å². The van der Waals surface area contributed by atoms with E-state index in [1.807, 2.05) is 6.92 Å². The molecule has 0 fully saturated rings. The highest BCUT2D eigenvalue weighted by Crippen LogP contribution is 2.32. The van der Waals surface area contributed by atoms with Crippen LogP contribution in [0.5, 0.6) is 0 Å². The Balaban J connectivity index is 2.55. The summed E-state index contributed by atoms with van der Waals surface area (Å²) in [5.41, 5.74) is 1.16. The van der Waals surface area contributed by atoms with E-state index in [2.05, 4.69) is 5.32 Å². The Labute approximate surface area is 132 Å². The zero-order valence-corrected chi connectivity index (χ0v) is 13.2. The number of hydrogen-bond acceptors (Lipinski definition) is 1. The summed E-state index contributed by atoms with van der Waals surface area (Å²) in [7, 11) is 0. The van der Waals surface area contributed by atoms with E-state index in [9.17, 15) is 8.78 Å². The summed E-state index contributed by atoms with van der Waals surface area (Å²) in [6, 6.07) is 6.85. The predicted molar refractivity (Wildman–Crippen MR) is 83.1 cm³/mol. The Morgan fingerprint density at radius 3 is 2.38 bits per heavy atom. The molecule has 0 aromatic heterocycles. The molecule has 1 unspecified atom stereocenters. The van der Waals surface area contributed by atoms with Gasteiger partial charge >= 0.3 is 0 Å². The third-order valence-corrected chi connectivity index (χ3v) is 3.83. The molecule has 2 aromatic carbocycles. The highest BCUT2D eigenvalue weighted by molar-refractivity contribution is 6.35. The Hall–Kier alpha value is -1.16. The second-order valence-corrected chi connectivity index (χ2v) is 5.62. The van der Waals surface area contributed by atoms with Gasteiger partial charge < -0.3 is 5.32 Å². The Kier molecular flexibility index (Phi) is 5.20. The first kappa shape index (κ1) is 16.2. The standard InChI is InChI=1S/C16H15Cl2F2N/c1-3-21-16(11-5-4-10(17)7-13(11)18)12-8-14(19)9(2)6-15(12)20/h4-8,16,21H,3H2,1-2H3. The lowest BCUT2D eigenvalue weighted by molar-refractivity contribution is 0.541. The van der Waals surface area contributed by atoms with Crippen molar-refractivity contribution < 1.29 is 8.78 Å². The molecule has 0 aliphatic carbocycles. The van der Waals surface area contributed by atoms with Crippen molar-refractivity contribution in [2.24, 2.45) is 0 Å². The van der Waals surface area contributed by atoms with Crippen molar-refractivity contribution in [1.82, 2.24) is 5.32 Å². The molecule has 0 saturated heterocycles. The van der Waals surface area contributed by atoms with Gasteiger partial charge in [0.05, 0.1) is 6.04 Å². The molecule has 1 atom stereocenters. The lowest BCUT2D eigenvalue weighted by Gasteiger charge is -2.21. The van der Waals surface area contributed by atoms with E-state index in [1.54, 1.807) is 18.2 Å². The number of nitrogens with one attached hydrogen (secondary N) is 1. The summed E-state index contributed by atoms with van der Waals surface area (Å²) in [5, 5.41) is 4.03. The number of rotatable bonds is 4. The van der Waals surface area contributed by atoms with Gasteiger partial charge in [0.15, 0.2) is 0 Å². The van der Waals surface area contributed by atoms with Crippen molar-refractivity contribution in [1.29, 1.82) is 0 Å². The molecule has 0 aliphatic rings. The summed E-state index contributed by atoms with van der Waals surface area (Å²) in [4.78, 5) is 0. The molecule has 2 aromatic rings. The van der Waals surface area contributed by atoms with Crippen molar-refractivity contribution in [2.45, 2.75) is 19.9 Å². The van der Waals surface area contributed by atoms with Crippen LogP contribution >= 0.6 is 23.2 Å². The van der Waals surface area contributed by atoms with E-state index in [-0.39, 0.29) is 11.1 Å². The maximum Gasteiger partial charge on any atom is 0.128 e. The fourth-order valence-electron chi connectivity index (χ4n) is 2.21. The molecular weight excluding hydrogens is 315 g/mol. The highest BCUT2D eigenvalue weighted by atomic mass is 35.5. The molecule has 2 rings (SSSR count). The van der Waals surface area contributed by atoms with Gasteiger partial charge in [0.25, 0.3) is 0 Å². The van der Waals surface area contributed by atoms with Crippen molar-refractivity contribution in [3.8, 4) is 0 Å². The molecule has 5 heteroatoms. The monoisotopic (exact) mass is 329 g/mol. The summed E-state index contributed by atoms with van der Waals surface area (Å²) < 4.78 is 28.0. The average Bonchev–Trinajstić information content (AvgIpc) is 2.41. The molecule has 0 spiro atoms. The van der Waals surface area contributed by atoms with Crippen molar-refractivity contribution >= 4 is 23.2 Å². The smallest absolute Gasteiger partial charge is 0.128 e. The van der Waals surface area contributed by atoms with Crippen LogP contribution in [0.15, 0.2) is 30.3 Å². The quantitative estimate of drug-likeness (QED) is 0.804. The van der Waals surface area contributed by atoms with Gasteiger partial charge in [0.2, 0.25) is 0 Å². The molecule has 0 saturated carbocycles. The summed E-state index contributed by atoms with van der Waals surface area (Å²) >= 11 is 12.1. The van der Waals surface area contributed by atoms with Gasteiger partial charge in [-0.1, -0.05) is 36.2 Å². The number of benzene rings is 2. The van der Waals surface area contributed by atoms with Crippen molar-refractivity contribution in [3.05, 3.63) is 68.7 Å². The first-order valence-corrected chi connectivity index (χ1v) is 7.33. The fourth-order valence-corrected chi connectivity index (χ4v) is 2.73. The minimum atomic E-state index is -0.533. The van der Waals surface area contributed by atoms with E-state index in [0.717, 1.165) is 0 Å². The van der Waals surface area contributed by atoms with Crippen LogP contribution in [-0.2, 0) is 0 Å². The Bertz CT molecular complexity index is 659. The molecule has 0 bridgehead atoms. The number of hydrogen-bond donors (Lipinski definition) is 1. The molecule has 1 nitrogen and oxygen atoms in total. The van der Waals surface area contributed by atoms with Crippen LogP contribution in [0.4, 0.5) is 8.78 Å². The minimum Gasteiger partial charge on any atom is -0.306 e. The minimum absolute atomic E-state index is 0.226. The normalized spacial score (nSPS) is 12.5. The van der Waals surface area contributed by atoms with Gasteiger partial charge in [0, 0.05) is 15.6 Å². The molecule has 1 N–H and O–H groups in total. The van der Waals surface area contributed by atoms with Crippen LogP contribution in [0.25, 0.3) is 0 Å². The van der Waals surface area contributed by atoms with Crippen LogP contribution in [-0.4, -0.2) is 6.54 Å². The van der Waals surface area contributed by atoms with E-state index >= 15 is 0 Å². The molecule has 112 valence electrons. The van der Waals surface area contributed by atoms with Crippen LogP contribution in [0.2, 0.25) is 10.0 Å². The van der Waals surface area contributed by atoms with Gasteiger partial charge in [-0.3, -0.25) is 0 Å². The van der Waals surface area contributed by atoms with Crippen LogP contribution < -0.4 is 5.32 Å². The topological polar surface area (TPSA) is 12.0 Å².